The molecule has 0 radical (unpaired) electrons. The summed E-state index contributed by atoms with van der Waals surface area (Å²) >= 11 is 0. The Kier molecular flexibility index (Phi) is 6.84. The minimum absolute atomic E-state index is 0.117. The molecule has 2 heterocycles. The third-order valence-corrected chi connectivity index (χ3v) is 6.32. The second-order valence-corrected chi connectivity index (χ2v) is 8.92. The highest BCUT2D eigenvalue weighted by atomic mass is 32.2. The minimum atomic E-state index is -5.46. The summed E-state index contributed by atoms with van der Waals surface area (Å²) in [6.45, 7) is 0.285. The van der Waals surface area contributed by atoms with Gasteiger partial charge in [0.25, 0.3) is 9.84 Å². The Balaban J connectivity index is 1.64. The lowest BCUT2D eigenvalue weighted by Gasteiger charge is -2.26. The maximum Gasteiger partial charge on any atom is 0.501 e. The standard InChI is InChI=1S/C20H19F4N3O4S/c21-17-11-13(7-10-28)12-25-18(17)14-5-8-27(9-6-14)19(29)26-15-1-3-16(4-2-15)32(30,31)20(22,23)24/h1-5,11-12,28H,6-10H2,(H,26,29). The van der Waals surface area contributed by atoms with E-state index in [0.29, 0.717) is 24.0 Å². The summed E-state index contributed by atoms with van der Waals surface area (Å²) in [4.78, 5) is 17.0. The van der Waals surface area contributed by atoms with Gasteiger partial charge in [0.15, 0.2) is 0 Å². The molecule has 0 spiro atoms. The van der Waals surface area contributed by atoms with Gasteiger partial charge < -0.3 is 15.3 Å². The van der Waals surface area contributed by atoms with Gasteiger partial charge >= 0.3 is 11.5 Å². The molecular formula is C20H19F4N3O4S. The largest absolute Gasteiger partial charge is 0.501 e. The third kappa shape index (κ3) is 5.07. The average molecular weight is 473 g/mol. The number of anilines is 1. The molecule has 2 N–H and O–H groups in total. The monoisotopic (exact) mass is 473 g/mol. The van der Waals surface area contributed by atoms with Crippen LogP contribution in [0.25, 0.3) is 5.57 Å². The number of pyridine rings is 1. The quantitative estimate of drug-likeness (QED) is 0.649. The number of aliphatic hydroxyl groups is 1. The van der Waals surface area contributed by atoms with E-state index in [-0.39, 0.29) is 31.1 Å². The highest BCUT2D eigenvalue weighted by molar-refractivity contribution is 7.92. The molecule has 7 nitrogen and oxygen atoms in total. The van der Waals surface area contributed by atoms with Crippen LogP contribution in [0.3, 0.4) is 0 Å². The molecular weight excluding hydrogens is 454 g/mol. The Morgan fingerprint density at radius 1 is 1.22 bits per heavy atom. The van der Waals surface area contributed by atoms with Crippen molar-refractivity contribution in [3.63, 3.8) is 0 Å². The summed E-state index contributed by atoms with van der Waals surface area (Å²) in [7, 11) is -5.46. The van der Waals surface area contributed by atoms with E-state index in [1.807, 2.05) is 0 Å². The lowest BCUT2D eigenvalue weighted by atomic mass is 10.0. The van der Waals surface area contributed by atoms with Crippen LogP contribution >= 0.6 is 0 Å². The topological polar surface area (TPSA) is 99.6 Å². The van der Waals surface area contributed by atoms with Crippen LogP contribution in [0.15, 0.2) is 47.5 Å². The van der Waals surface area contributed by atoms with E-state index in [1.165, 1.54) is 17.2 Å². The predicted octanol–water partition coefficient (Wildman–Crippen LogP) is 3.37. The number of benzene rings is 1. The Bertz CT molecular complexity index is 1130. The van der Waals surface area contributed by atoms with Crippen molar-refractivity contribution in [3.05, 3.63) is 59.7 Å². The van der Waals surface area contributed by atoms with Crippen LogP contribution in [-0.2, 0) is 16.3 Å². The number of alkyl halides is 3. The number of carbonyl (C=O) groups excluding carboxylic acids is 1. The van der Waals surface area contributed by atoms with Gasteiger partial charge in [-0.25, -0.2) is 17.6 Å². The molecule has 0 atom stereocenters. The number of carbonyl (C=O) groups is 1. The van der Waals surface area contributed by atoms with Crippen molar-refractivity contribution in [2.45, 2.75) is 23.2 Å². The summed E-state index contributed by atoms with van der Waals surface area (Å²) in [5.74, 6) is -0.519. The first-order valence-corrected chi connectivity index (χ1v) is 10.9. The van der Waals surface area contributed by atoms with Gasteiger partial charge in [0.2, 0.25) is 0 Å². The van der Waals surface area contributed by atoms with Crippen molar-refractivity contribution in [1.82, 2.24) is 9.88 Å². The van der Waals surface area contributed by atoms with Gasteiger partial charge in [0, 0.05) is 31.6 Å². The molecule has 0 saturated heterocycles. The molecule has 2 aromatic rings. The average Bonchev–Trinajstić information content (AvgIpc) is 2.74. The minimum Gasteiger partial charge on any atom is -0.396 e. The number of halogens is 4. The fraction of sp³-hybridized carbons (Fsp3) is 0.300. The van der Waals surface area contributed by atoms with Crippen LogP contribution in [-0.4, -0.2) is 54.6 Å². The van der Waals surface area contributed by atoms with Gasteiger partial charge in [-0.2, -0.15) is 13.2 Å². The van der Waals surface area contributed by atoms with Crippen LogP contribution in [0.4, 0.5) is 28.0 Å². The number of amides is 2. The second-order valence-electron chi connectivity index (χ2n) is 6.98. The molecule has 172 valence electrons. The summed E-state index contributed by atoms with van der Waals surface area (Å²) in [6.07, 6.45) is 3.76. The highest BCUT2D eigenvalue weighted by Crippen LogP contribution is 2.31. The molecule has 3 rings (SSSR count). The number of aliphatic hydroxyl groups excluding tert-OH is 1. The number of sulfone groups is 1. The first-order valence-electron chi connectivity index (χ1n) is 9.45. The molecule has 0 unspecified atom stereocenters. The number of nitrogens with zero attached hydrogens (tertiary/aromatic N) is 2. The van der Waals surface area contributed by atoms with Gasteiger partial charge in [-0.15, -0.1) is 0 Å². The molecule has 2 amide bonds. The van der Waals surface area contributed by atoms with Crippen LogP contribution in [0.5, 0.6) is 0 Å². The van der Waals surface area contributed by atoms with Crippen LogP contribution in [0, 0.1) is 5.82 Å². The van der Waals surface area contributed by atoms with E-state index in [9.17, 15) is 30.8 Å². The maximum atomic E-state index is 14.3. The first kappa shape index (κ1) is 23.7. The lowest BCUT2D eigenvalue weighted by Crippen LogP contribution is -2.38. The van der Waals surface area contributed by atoms with Crippen LogP contribution in [0.1, 0.15) is 17.7 Å². The fourth-order valence-electron chi connectivity index (χ4n) is 3.10. The Morgan fingerprint density at radius 3 is 2.44 bits per heavy atom. The molecule has 1 aliphatic rings. The van der Waals surface area contributed by atoms with Gasteiger partial charge in [-0.1, -0.05) is 6.08 Å². The van der Waals surface area contributed by atoms with Crippen LogP contribution < -0.4 is 5.32 Å². The molecule has 1 aromatic carbocycles. The number of aromatic nitrogens is 1. The molecule has 32 heavy (non-hydrogen) atoms. The zero-order valence-electron chi connectivity index (χ0n) is 16.6. The first-order chi connectivity index (χ1) is 15.0. The zero-order valence-corrected chi connectivity index (χ0v) is 17.4. The fourth-order valence-corrected chi connectivity index (χ4v) is 3.86. The van der Waals surface area contributed by atoms with Crippen molar-refractivity contribution >= 4 is 27.1 Å². The van der Waals surface area contributed by atoms with Gasteiger partial charge in [0.05, 0.1) is 4.90 Å². The Hall–Kier alpha value is -2.99. The second kappa shape index (κ2) is 9.25. The zero-order chi connectivity index (χ0) is 23.5. The number of nitrogens with one attached hydrogen (secondary N) is 1. The highest BCUT2D eigenvalue weighted by Gasteiger charge is 2.46. The maximum absolute atomic E-state index is 14.3. The van der Waals surface area contributed by atoms with Gasteiger partial charge in [0.1, 0.15) is 11.5 Å². The number of hydrogen-bond donors (Lipinski definition) is 2. The van der Waals surface area contributed by atoms with Crippen molar-refractivity contribution in [2.75, 3.05) is 25.0 Å². The van der Waals surface area contributed by atoms with Crippen molar-refractivity contribution in [3.8, 4) is 0 Å². The van der Waals surface area contributed by atoms with E-state index in [0.717, 1.165) is 24.3 Å². The normalized spacial score (nSPS) is 14.8. The van der Waals surface area contributed by atoms with Crippen LogP contribution in [0.2, 0.25) is 0 Å². The number of hydrogen-bond acceptors (Lipinski definition) is 5. The van der Waals surface area contributed by atoms with Crippen molar-refractivity contribution in [2.24, 2.45) is 0 Å². The van der Waals surface area contributed by atoms with Crippen molar-refractivity contribution < 1.29 is 35.9 Å². The molecule has 12 heteroatoms. The summed E-state index contributed by atoms with van der Waals surface area (Å²) < 4.78 is 74.9. The SMILES string of the molecule is O=C(Nc1ccc(S(=O)(=O)C(F)(F)F)cc1)N1CC=C(c2ncc(CCO)cc2F)CC1. The van der Waals surface area contributed by atoms with Crippen molar-refractivity contribution in [1.29, 1.82) is 0 Å². The summed E-state index contributed by atoms with van der Waals surface area (Å²) in [6, 6.07) is 4.42. The van der Waals surface area contributed by atoms with Gasteiger partial charge in [-0.05, 0) is 54.3 Å². The Labute approximate surface area is 181 Å². The van der Waals surface area contributed by atoms with E-state index >= 15 is 0 Å². The van der Waals surface area contributed by atoms with E-state index in [2.05, 4.69) is 10.3 Å². The molecule has 0 bridgehead atoms. The lowest BCUT2D eigenvalue weighted by molar-refractivity contribution is -0.0436. The van der Waals surface area contributed by atoms with E-state index < -0.39 is 32.1 Å². The van der Waals surface area contributed by atoms with E-state index in [1.54, 1.807) is 6.08 Å². The molecule has 1 aromatic heterocycles. The molecule has 0 saturated carbocycles. The summed E-state index contributed by atoms with van der Waals surface area (Å²) in [5.41, 5.74) is -3.92. The van der Waals surface area contributed by atoms with Gasteiger partial charge in [-0.3, -0.25) is 4.98 Å². The predicted molar refractivity (Wildman–Crippen MR) is 108 cm³/mol. The Morgan fingerprint density at radius 2 is 1.91 bits per heavy atom. The summed E-state index contributed by atoms with van der Waals surface area (Å²) in [5, 5.41) is 11.4. The third-order valence-electron chi connectivity index (χ3n) is 4.82. The van der Waals surface area contributed by atoms with E-state index in [4.69, 9.17) is 5.11 Å². The number of rotatable bonds is 5. The molecule has 1 aliphatic heterocycles. The smallest absolute Gasteiger partial charge is 0.396 e. The molecule has 0 aliphatic carbocycles. The number of urea groups is 1. The molecule has 0 fully saturated rings.